The van der Waals surface area contributed by atoms with E-state index in [1.54, 1.807) is 0 Å². The third kappa shape index (κ3) is 3.76. The molecule has 0 aromatic carbocycles. The molecule has 0 saturated heterocycles. The molecule has 82 valence electrons. The number of hydrogen-bond acceptors (Lipinski definition) is 2. The molecule has 0 fully saturated rings. The van der Waals surface area contributed by atoms with Crippen LogP contribution >= 0.6 is 46.4 Å². The maximum absolute atomic E-state index is 5.93. The van der Waals surface area contributed by atoms with Crippen molar-refractivity contribution in [3.05, 3.63) is 11.1 Å². The summed E-state index contributed by atoms with van der Waals surface area (Å²) in [5.74, 6) is 0. The predicted molar refractivity (Wildman–Crippen MR) is 60.9 cm³/mol. The predicted octanol–water partition coefficient (Wildman–Crippen LogP) is 3.33. The molecular formula is C8H11Cl4NO. The molecule has 0 aromatic heterocycles. The molecule has 0 spiro atoms. The Morgan fingerprint density at radius 1 is 1.50 bits per heavy atom. The van der Waals surface area contributed by atoms with Gasteiger partial charge in [-0.25, -0.2) is 0 Å². The minimum Gasteiger partial charge on any atom is -0.350 e. The van der Waals surface area contributed by atoms with E-state index >= 15 is 0 Å². The summed E-state index contributed by atoms with van der Waals surface area (Å²) < 4.78 is 3.73. The smallest absolute Gasteiger partial charge is 0.229 e. The summed E-state index contributed by atoms with van der Waals surface area (Å²) in [7, 11) is 0. The van der Waals surface area contributed by atoms with Crippen LogP contribution in [0.25, 0.3) is 0 Å². The van der Waals surface area contributed by atoms with E-state index in [2.05, 4.69) is 0 Å². The minimum absolute atomic E-state index is 0.240. The van der Waals surface area contributed by atoms with Crippen molar-refractivity contribution in [2.75, 3.05) is 0 Å². The molecule has 1 aliphatic carbocycles. The molecule has 0 saturated carbocycles. The van der Waals surface area contributed by atoms with Gasteiger partial charge in [-0.2, -0.15) is 0 Å². The summed E-state index contributed by atoms with van der Waals surface area (Å²) in [5, 5.41) is 0.640. The van der Waals surface area contributed by atoms with Gasteiger partial charge in [0.1, 0.15) is 0 Å². The topological polar surface area (TPSA) is 35.2 Å². The van der Waals surface area contributed by atoms with E-state index in [1.807, 2.05) is 6.08 Å². The first kappa shape index (κ1) is 12.9. The molecule has 0 aromatic rings. The zero-order valence-electron chi connectivity index (χ0n) is 7.35. The van der Waals surface area contributed by atoms with Gasteiger partial charge in [-0.15, -0.1) is 0 Å². The Bertz CT molecular complexity index is 226. The van der Waals surface area contributed by atoms with Crippen molar-refractivity contribution in [1.29, 1.82) is 0 Å². The van der Waals surface area contributed by atoms with Gasteiger partial charge in [0.05, 0.1) is 6.10 Å². The molecule has 0 radical (unpaired) electrons. The van der Waals surface area contributed by atoms with Crippen molar-refractivity contribution in [2.24, 2.45) is 5.73 Å². The first-order chi connectivity index (χ1) is 6.41. The number of hydrogen-bond donors (Lipinski definition) is 1. The van der Waals surface area contributed by atoms with Gasteiger partial charge in [-0.05, 0) is 19.3 Å². The average Bonchev–Trinajstić information content (AvgIpc) is 2.07. The van der Waals surface area contributed by atoms with E-state index < -0.39 is 10.0 Å². The summed E-state index contributed by atoms with van der Waals surface area (Å²) in [6.45, 7) is 0. The zero-order valence-corrected chi connectivity index (χ0v) is 10.4. The molecule has 6 heteroatoms. The molecule has 1 aliphatic rings. The molecule has 0 heterocycles. The van der Waals surface area contributed by atoms with E-state index in [0.29, 0.717) is 5.03 Å². The molecule has 1 rings (SSSR count). The molecule has 14 heavy (non-hydrogen) atoms. The van der Waals surface area contributed by atoms with Crippen molar-refractivity contribution in [3.8, 4) is 0 Å². The normalized spacial score (nSPS) is 25.8. The van der Waals surface area contributed by atoms with Crippen LogP contribution in [-0.4, -0.2) is 16.1 Å². The van der Waals surface area contributed by atoms with Crippen LogP contribution < -0.4 is 5.73 Å². The largest absolute Gasteiger partial charge is 0.350 e. The summed E-state index contributed by atoms with van der Waals surface area (Å²) in [6.07, 6.45) is 3.48. The van der Waals surface area contributed by atoms with Crippen molar-refractivity contribution in [3.63, 3.8) is 0 Å². The molecule has 2 N–H and O–H groups in total. The van der Waals surface area contributed by atoms with Gasteiger partial charge in [0.2, 0.25) is 3.79 Å². The van der Waals surface area contributed by atoms with Gasteiger partial charge in [0.25, 0.3) is 0 Å². The molecule has 2 atom stereocenters. The first-order valence-electron chi connectivity index (χ1n) is 4.24. The maximum atomic E-state index is 5.93. The van der Waals surface area contributed by atoms with E-state index in [4.69, 9.17) is 56.9 Å². The van der Waals surface area contributed by atoms with Crippen LogP contribution in [0.3, 0.4) is 0 Å². The SMILES string of the molecule is N[C@H](OC1CCCC=C1Cl)C(Cl)(Cl)Cl. The lowest BCUT2D eigenvalue weighted by Crippen LogP contribution is -2.40. The Hall–Kier alpha value is 0.820. The summed E-state index contributed by atoms with van der Waals surface area (Å²) in [5.41, 5.74) is 5.54. The van der Waals surface area contributed by atoms with Gasteiger partial charge in [-0.1, -0.05) is 52.5 Å². The molecule has 2 nitrogen and oxygen atoms in total. The zero-order chi connectivity index (χ0) is 10.8. The summed E-state index contributed by atoms with van der Waals surface area (Å²) >= 11 is 22.6. The lowest BCUT2D eigenvalue weighted by molar-refractivity contribution is 0.00995. The monoisotopic (exact) mass is 277 g/mol. The maximum Gasteiger partial charge on any atom is 0.229 e. The first-order valence-corrected chi connectivity index (χ1v) is 5.76. The van der Waals surface area contributed by atoms with Crippen LogP contribution in [0.4, 0.5) is 0 Å². The second kappa shape index (κ2) is 5.24. The highest BCUT2D eigenvalue weighted by Gasteiger charge is 2.33. The van der Waals surface area contributed by atoms with E-state index in [-0.39, 0.29) is 6.10 Å². The van der Waals surface area contributed by atoms with Crippen LogP contribution in [0.2, 0.25) is 0 Å². The highest BCUT2D eigenvalue weighted by atomic mass is 35.6. The second-order valence-electron chi connectivity index (χ2n) is 3.11. The van der Waals surface area contributed by atoms with Crippen molar-refractivity contribution in [1.82, 2.24) is 0 Å². The number of nitrogens with two attached hydrogens (primary N) is 1. The summed E-state index contributed by atoms with van der Waals surface area (Å²) in [6, 6.07) is 0. The second-order valence-corrected chi connectivity index (χ2v) is 5.91. The Labute approximate surface area is 103 Å². The molecule has 0 aliphatic heterocycles. The van der Waals surface area contributed by atoms with Crippen LogP contribution in [0, 0.1) is 0 Å². The molecule has 0 amide bonds. The van der Waals surface area contributed by atoms with Gasteiger partial charge in [0.15, 0.2) is 6.23 Å². The standard InChI is InChI=1S/C8H11Cl4NO/c9-5-3-1-2-4-6(5)14-7(13)8(10,11)12/h3,6-7H,1-2,4,13H2/t6?,7-/m1/s1. The van der Waals surface area contributed by atoms with Crippen LogP contribution in [0.15, 0.2) is 11.1 Å². The number of rotatable bonds is 2. The minimum atomic E-state index is -1.62. The Morgan fingerprint density at radius 3 is 2.64 bits per heavy atom. The summed E-state index contributed by atoms with van der Waals surface area (Å²) in [4.78, 5) is 0. The number of alkyl halides is 3. The number of allylic oxidation sites excluding steroid dienone is 1. The van der Waals surface area contributed by atoms with Crippen LogP contribution in [0.5, 0.6) is 0 Å². The number of halogens is 4. The fourth-order valence-corrected chi connectivity index (χ4v) is 1.62. The lowest BCUT2D eigenvalue weighted by atomic mass is 10.1. The molecule has 0 bridgehead atoms. The lowest BCUT2D eigenvalue weighted by Gasteiger charge is -2.27. The van der Waals surface area contributed by atoms with Crippen LogP contribution in [0.1, 0.15) is 19.3 Å². The Balaban J connectivity index is 2.51. The van der Waals surface area contributed by atoms with Gasteiger partial charge in [0, 0.05) is 5.03 Å². The van der Waals surface area contributed by atoms with Gasteiger partial charge >= 0.3 is 0 Å². The van der Waals surface area contributed by atoms with Crippen molar-refractivity contribution >= 4 is 46.4 Å². The van der Waals surface area contributed by atoms with Gasteiger partial charge < -0.3 is 10.5 Å². The van der Waals surface area contributed by atoms with E-state index in [9.17, 15) is 0 Å². The van der Waals surface area contributed by atoms with E-state index in [1.165, 1.54) is 0 Å². The van der Waals surface area contributed by atoms with E-state index in [0.717, 1.165) is 19.3 Å². The fraction of sp³-hybridized carbons (Fsp3) is 0.750. The van der Waals surface area contributed by atoms with Gasteiger partial charge in [-0.3, -0.25) is 0 Å². The van der Waals surface area contributed by atoms with Crippen LogP contribution in [-0.2, 0) is 4.74 Å². The third-order valence-electron chi connectivity index (χ3n) is 1.95. The van der Waals surface area contributed by atoms with Crippen molar-refractivity contribution in [2.45, 2.75) is 35.4 Å². The highest BCUT2D eigenvalue weighted by molar-refractivity contribution is 6.68. The fourth-order valence-electron chi connectivity index (χ4n) is 1.20. The molecule has 1 unspecified atom stereocenters. The third-order valence-corrected chi connectivity index (χ3v) is 2.99. The Kier molecular flexibility index (Phi) is 4.82. The Morgan fingerprint density at radius 2 is 2.14 bits per heavy atom. The average molecular weight is 279 g/mol. The molecular weight excluding hydrogens is 268 g/mol. The quantitative estimate of drug-likeness (QED) is 0.621. The highest BCUT2D eigenvalue weighted by Crippen LogP contribution is 2.33. The number of ether oxygens (including phenoxy) is 1. The van der Waals surface area contributed by atoms with Crippen molar-refractivity contribution < 1.29 is 4.74 Å².